The molecule has 4 nitrogen and oxygen atoms in total. The highest BCUT2D eigenvalue weighted by Gasteiger charge is 2.10. The summed E-state index contributed by atoms with van der Waals surface area (Å²) in [5.41, 5.74) is 8.03. The van der Waals surface area contributed by atoms with E-state index in [1.54, 1.807) is 12.1 Å². The van der Waals surface area contributed by atoms with Gasteiger partial charge in [-0.1, -0.05) is 6.07 Å². The van der Waals surface area contributed by atoms with Gasteiger partial charge in [0.15, 0.2) is 0 Å². The van der Waals surface area contributed by atoms with Gasteiger partial charge in [-0.05, 0) is 24.1 Å². The van der Waals surface area contributed by atoms with Crippen LogP contribution in [0.3, 0.4) is 0 Å². The molecule has 0 aliphatic rings. The lowest BCUT2D eigenvalue weighted by Crippen LogP contribution is -2.08. The number of anilines is 1. The third-order valence-corrected chi connectivity index (χ3v) is 2.09. The van der Waals surface area contributed by atoms with Crippen LogP contribution in [-0.4, -0.2) is 13.1 Å². The number of benzene rings is 1. The number of aryl methyl sites for hydroxylation is 1. The summed E-state index contributed by atoms with van der Waals surface area (Å²) in [7, 11) is 1.32. The third kappa shape index (κ3) is 2.47. The summed E-state index contributed by atoms with van der Waals surface area (Å²) in [6.07, 6.45) is 0.0959. The highest BCUT2D eigenvalue weighted by molar-refractivity contribution is 5.76. The molecular weight excluding hydrogens is 192 g/mol. The zero-order chi connectivity index (χ0) is 11.4. The molecule has 78 valence electrons. The summed E-state index contributed by atoms with van der Waals surface area (Å²) in [6, 6.07) is 5.47. The van der Waals surface area contributed by atoms with Crippen LogP contribution in [0.4, 0.5) is 5.69 Å². The van der Waals surface area contributed by atoms with E-state index >= 15 is 0 Å². The van der Waals surface area contributed by atoms with Gasteiger partial charge in [0.25, 0.3) is 0 Å². The molecule has 1 rings (SSSR count). The number of nitrogens with zero attached hydrogens (tertiary/aromatic N) is 1. The van der Waals surface area contributed by atoms with Crippen LogP contribution in [0, 0.1) is 18.3 Å². The maximum Gasteiger partial charge on any atom is 0.310 e. The van der Waals surface area contributed by atoms with E-state index in [-0.39, 0.29) is 12.4 Å². The standard InChI is InChI=1S/C11H12N2O2/c1-7-3-8(5-10(14)15-2)11(13)9(4-7)6-12/h3-4H,5,13H2,1-2H3. The Morgan fingerprint density at radius 3 is 2.80 bits per heavy atom. The van der Waals surface area contributed by atoms with E-state index in [2.05, 4.69) is 4.74 Å². The molecule has 0 bridgehead atoms. The van der Waals surface area contributed by atoms with Crippen molar-refractivity contribution in [2.24, 2.45) is 0 Å². The fraction of sp³-hybridized carbons (Fsp3) is 0.273. The Labute approximate surface area is 88.3 Å². The Bertz CT molecular complexity index is 433. The Morgan fingerprint density at radius 2 is 2.27 bits per heavy atom. The summed E-state index contributed by atoms with van der Waals surface area (Å²) >= 11 is 0. The number of nitrogens with two attached hydrogens (primary N) is 1. The van der Waals surface area contributed by atoms with Crippen molar-refractivity contribution in [3.8, 4) is 6.07 Å². The minimum Gasteiger partial charge on any atom is -0.469 e. The molecule has 0 heterocycles. The van der Waals surface area contributed by atoms with Gasteiger partial charge in [0.05, 0.1) is 24.8 Å². The fourth-order valence-electron chi connectivity index (χ4n) is 1.34. The highest BCUT2D eigenvalue weighted by Crippen LogP contribution is 2.20. The second-order valence-corrected chi connectivity index (χ2v) is 3.25. The topological polar surface area (TPSA) is 76.1 Å². The first-order valence-corrected chi connectivity index (χ1v) is 4.44. The SMILES string of the molecule is COC(=O)Cc1cc(C)cc(C#N)c1N. The summed E-state index contributed by atoms with van der Waals surface area (Å²) < 4.78 is 4.55. The Morgan fingerprint density at radius 1 is 1.60 bits per heavy atom. The second-order valence-electron chi connectivity index (χ2n) is 3.25. The maximum absolute atomic E-state index is 11.1. The van der Waals surface area contributed by atoms with E-state index in [1.807, 2.05) is 13.0 Å². The first-order chi connectivity index (χ1) is 7.08. The summed E-state index contributed by atoms with van der Waals surface area (Å²) in [5.74, 6) is -0.365. The average molecular weight is 204 g/mol. The molecule has 0 saturated carbocycles. The van der Waals surface area contributed by atoms with Crippen LogP contribution in [0.1, 0.15) is 16.7 Å². The van der Waals surface area contributed by atoms with E-state index in [1.165, 1.54) is 7.11 Å². The van der Waals surface area contributed by atoms with Crippen molar-refractivity contribution in [2.45, 2.75) is 13.3 Å². The van der Waals surface area contributed by atoms with Crippen molar-refractivity contribution in [2.75, 3.05) is 12.8 Å². The zero-order valence-corrected chi connectivity index (χ0v) is 8.70. The third-order valence-electron chi connectivity index (χ3n) is 2.09. The molecule has 0 fully saturated rings. The van der Waals surface area contributed by atoms with Gasteiger partial charge in [-0.3, -0.25) is 4.79 Å². The van der Waals surface area contributed by atoms with Crippen LogP contribution in [0.5, 0.6) is 0 Å². The van der Waals surface area contributed by atoms with E-state index in [9.17, 15) is 4.79 Å². The number of ether oxygens (including phenoxy) is 1. The summed E-state index contributed by atoms with van der Waals surface area (Å²) in [4.78, 5) is 11.1. The fourth-order valence-corrected chi connectivity index (χ4v) is 1.34. The minimum atomic E-state index is -0.365. The molecule has 0 atom stereocenters. The highest BCUT2D eigenvalue weighted by atomic mass is 16.5. The quantitative estimate of drug-likeness (QED) is 0.579. The largest absolute Gasteiger partial charge is 0.469 e. The minimum absolute atomic E-state index is 0.0959. The summed E-state index contributed by atoms with van der Waals surface area (Å²) in [6.45, 7) is 1.85. The van der Waals surface area contributed by atoms with Gasteiger partial charge in [0.2, 0.25) is 0 Å². The number of nitriles is 1. The Balaban J connectivity index is 3.13. The molecular formula is C11H12N2O2. The second kappa shape index (κ2) is 4.47. The van der Waals surface area contributed by atoms with Crippen LogP contribution in [0.15, 0.2) is 12.1 Å². The van der Waals surface area contributed by atoms with Crippen molar-refractivity contribution >= 4 is 11.7 Å². The van der Waals surface area contributed by atoms with Gasteiger partial charge in [-0.25, -0.2) is 0 Å². The molecule has 0 spiro atoms. The number of carbonyl (C=O) groups excluding carboxylic acids is 1. The smallest absolute Gasteiger partial charge is 0.310 e. The zero-order valence-electron chi connectivity index (χ0n) is 8.70. The van der Waals surface area contributed by atoms with Gasteiger partial charge in [-0.2, -0.15) is 5.26 Å². The Hall–Kier alpha value is -2.02. The number of methoxy groups -OCH3 is 1. The number of hydrogen-bond acceptors (Lipinski definition) is 4. The molecule has 1 aromatic rings. The molecule has 0 amide bonds. The molecule has 0 radical (unpaired) electrons. The number of rotatable bonds is 2. The van der Waals surface area contributed by atoms with Gasteiger partial charge in [-0.15, -0.1) is 0 Å². The van der Waals surface area contributed by atoms with Crippen molar-refractivity contribution in [1.29, 1.82) is 5.26 Å². The first kappa shape index (κ1) is 11.1. The van der Waals surface area contributed by atoms with E-state index in [0.29, 0.717) is 16.8 Å². The van der Waals surface area contributed by atoms with Crippen molar-refractivity contribution in [3.63, 3.8) is 0 Å². The molecule has 0 saturated heterocycles. The van der Waals surface area contributed by atoms with Crippen molar-refractivity contribution in [1.82, 2.24) is 0 Å². The van der Waals surface area contributed by atoms with Gasteiger partial charge in [0.1, 0.15) is 6.07 Å². The molecule has 2 N–H and O–H groups in total. The predicted molar refractivity (Wildman–Crippen MR) is 56.0 cm³/mol. The molecule has 0 aliphatic carbocycles. The number of carbonyl (C=O) groups is 1. The van der Waals surface area contributed by atoms with Gasteiger partial charge in [0, 0.05) is 0 Å². The average Bonchev–Trinajstić information content (AvgIpc) is 2.22. The normalized spacial score (nSPS) is 9.40. The lowest BCUT2D eigenvalue weighted by atomic mass is 10.0. The molecule has 4 heteroatoms. The summed E-state index contributed by atoms with van der Waals surface area (Å²) in [5, 5.41) is 8.81. The number of nitrogen functional groups attached to an aromatic ring is 1. The Kier molecular flexibility index (Phi) is 3.29. The molecule has 0 unspecified atom stereocenters. The van der Waals surface area contributed by atoms with Crippen molar-refractivity contribution in [3.05, 3.63) is 28.8 Å². The predicted octanol–water partition coefficient (Wildman–Crippen LogP) is 1.16. The first-order valence-electron chi connectivity index (χ1n) is 4.44. The van der Waals surface area contributed by atoms with E-state index in [0.717, 1.165) is 5.56 Å². The van der Waals surface area contributed by atoms with Crippen molar-refractivity contribution < 1.29 is 9.53 Å². The molecule has 15 heavy (non-hydrogen) atoms. The number of esters is 1. The van der Waals surface area contributed by atoms with Crippen LogP contribution in [0.2, 0.25) is 0 Å². The van der Waals surface area contributed by atoms with Gasteiger partial charge >= 0.3 is 5.97 Å². The van der Waals surface area contributed by atoms with E-state index in [4.69, 9.17) is 11.0 Å². The van der Waals surface area contributed by atoms with Gasteiger partial charge < -0.3 is 10.5 Å². The maximum atomic E-state index is 11.1. The number of hydrogen-bond donors (Lipinski definition) is 1. The lowest BCUT2D eigenvalue weighted by molar-refractivity contribution is -0.139. The monoisotopic (exact) mass is 204 g/mol. The van der Waals surface area contributed by atoms with E-state index < -0.39 is 0 Å². The van der Waals surface area contributed by atoms with Crippen LogP contribution < -0.4 is 5.73 Å². The van der Waals surface area contributed by atoms with Crippen LogP contribution in [-0.2, 0) is 16.0 Å². The molecule has 1 aromatic carbocycles. The van der Waals surface area contributed by atoms with Crippen LogP contribution >= 0.6 is 0 Å². The molecule has 0 aromatic heterocycles. The lowest BCUT2D eigenvalue weighted by Gasteiger charge is -2.07. The van der Waals surface area contributed by atoms with Crippen LogP contribution in [0.25, 0.3) is 0 Å². The molecule has 0 aliphatic heterocycles.